The van der Waals surface area contributed by atoms with Gasteiger partial charge in [-0.25, -0.2) is 14.3 Å². The third-order valence-corrected chi connectivity index (χ3v) is 6.60. The van der Waals surface area contributed by atoms with Gasteiger partial charge in [0, 0.05) is 29.6 Å². The van der Waals surface area contributed by atoms with Crippen molar-refractivity contribution in [3.05, 3.63) is 91.3 Å². The molecule has 4 heterocycles. The molecule has 0 saturated carbocycles. The lowest BCUT2D eigenvalue weighted by molar-refractivity contribution is -0.384. The number of carbonyl (C=O) groups excluding carboxylic acids is 1. The largest absolute Gasteiger partial charge is 0.335 e. The number of fused-ring (bicyclic) bond motifs is 1. The maximum Gasteiger partial charge on any atom is 0.335 e. The van der Waals surface area contributed by atoms with Crippen molar-refractivity contribution in [1.82, 2.24) is 14.5 Å². The lowest BCUT2D eigenvalue weighted by atomic mass is 10.1. The van der Waals surface area contributed by atoms with E-state index in [1.807, 2.05) is 0 Å². The lowest BCUT2D eigenvalue weighted by Gasteiger charge is -2.13. The van der Waals surface area contributed by atoms with Crippen LogP contribution in [0.1, 0.15) is 12.0 Å². The number of nitro benzene ring substituents is 1. The molecule has 5 rings (SSSR count). The third-order valence-electron chi connectivity index (χ3n) is 5.34. The van der Waals surface area contributed by atoms with Gasteiger partial charge in [0.15, 0.2) is 0 Å². The summed E-state index contributed by atoms with van der Waals surface area (Å²) in [6, 6.07) is 10.8. The topological polar surface area (TPSA) is 131 Å². The van der Waals surface area contributed by atoms with Crippen LogP contribution in [0.5, 0.6) is 0 Å². The zero-order valence-corrected chi connectivity index (χ0v) is 18.0. The van der Waals surface area contributed by atoms with Crippen molar-refractivity contribution in [3.63, 3.8) is 0 Å². The minimum atomic E-state index is -0.656. The monoisotopic (exact) mass is 461 g/mol. The van der Waals surface area contributed by atoms with Crippen LogP contribution in [0.3, 0.4) is 0 Å². The van der Waals surface area contributed by atoms with Crippen molar-refractivity contribution < 1.29 is 9.72 Å². The number of nitrogens with one attached hydrogen (secondary N) is 1. The predicted molar refractivity (Wildman–Crippen MR) is 124 cm³/mol. The maximum absolute atomic E-state index is 13.4. The Balaban J connectivity index is 1.65. The summed E-state index contributed by atoms with van der Waals surface area (Å²) in [5.41, 5.74) is 0.115. The number of aryl methyl sites for hydroxylation is 1. The van der Waals surface area contributed by atoms with E-state index >= 15 is 0 Å². The van der Waals surface area contributed by atoms with Crippen molar-refractivity contribution in [2.75, 3.05) is 4.90 Å². The van der Waals surface area contributed by atoms with Crippen molar-refractivity contribution >= 4 is 39.0 Å². The van der Waals surface area contributed by atoms with Crippen LogP contribution in [0.25, 0.3) is 26.5 Å². The van der Waals surface area contributed by atoms with E-state index in [-0.39, 0.29) is 23.8 Å². The second-order valence-electron chi connectivity index (χ2n) is 7.34. The number of hydrogen-bond acceptors (Lipinski definition) is 7. The minimum Gasteiger partial charge on any atom is -0.298 e. The molecule has 4 aromatic rings. The van der Waals surface area contributed by atoms with Gasteiger partial charge in [-0.1, -0.05) is 12.1 Å². The van der Waals surface area contributed by atoms with Crippen molar-refractivity contribution in [2.24, 2.45) is 0 Å². The normalized spacial score (nSPS) is 13.2. The number of H-pyrrole nitrogens is 1. The van der Waals surface area contributed by atoms with Gasteiger partial charge in [0.25, 0.3) is 11.2 Å². The van der Waals surface area contributed by atoms with E-state index in [4.69, 9.17) is 0 Å². The number of benzene rings is 1. The fraction of sp³-hybridized carbons (Fsp3) is 0.0909. The minimum absolute atomic E-state index is 0.0365. The second kappa shape index (κ2) is 7.64. The highest BCUT2D eigenvalue weighted by Gasteiger charge is 2.21. The molecule has 0 fully saturated rings. The third kappa shape index (κ3) is 3.34. The van der Waals surface area contributed by atoms with Gasteiger partial charge in [0.1, 0.15) is 16.5 Å². The molecule has 1 amide bonds. The van der Waals surface area contributed by atoms with E-state index in [1.165, 1.54) is 34.4 Å². The van der Waals surface area contributed by atoms with Crippen molar-refractivity contribution in [3.8, 4) is 16.3 Å². The van der Waals surface area contributed by atoms with E-state index in [1.54, 1.807) is 43.5 Å². The number of nitro groups is 1. The second-order valence-corrected chi connectivity index (χ2v) is 8.36. The number of rotatable bonds is 4. The molecule has 1 N–H and O–H groups in total. The van der Waals surface area contributed by atoms with E-state index in [0.29, 0.717) is 27.2 Å². The van der Waals surface area contributed by atoms with Crippen LogP contribution in [-0.2, 0) is 4.79 Å². The number of carbonyl (C=O) groups is 1. The van der Waals surface area contributed by atoms with E-state index in [9.17, 15) is 24.5 Å². The first-order valence-electron chi connectivity index (χ1n) is 9.84. The SMILES string of the molecule is Cc1c(-c2ccc([N+](=O)[O-])cc2)sc2[nH]c(=O)n(-c3cccc(N4C=CCC4=O)n3)c(=O)c12. The first kappa shape index (κ1) is 20.5. The number of non-ortho nitro benzene ring substituents is 1. The predicted octanol–water partition coefficient (Wildman–Crippen LogP) is 3.27. The molecule has 33 heavy (non-hydrogen) atoms. The molecule has 0 atom stereocenters. The van der Waals surface area contributed by atoms with Gasteiger partial charge < -0.3 is 0 Å². The van der Waals surface area contributed by atoms with Crippen LogP contribution >= 0.6 is 11.3 Å². The molecule has 0 aliphatic carbocycles. The van der Waals surface area contributed by atoms with Gasteiger partial charge >= 0.3 is 5.69 Å². The van der Waals surface area contributed by atoms with Crippen LogP contribution in [-0.4, -0.2) is 25.4 Å². The highest BCUT2D eigenvalue weighted by molar-refractivity contribution is 7.22. The molecule has 11 heteroatoms. The number of nitrogens with zero attached hydrogens (tertiary/aromatic N) is 4. The summed E-state index contributed by atoms with van der Waals surface area (Å²) in [6.45, 7) is 1.76. The molecule has 1 aliphatic rings. The Kier molecular flexibility index (Phi) is 4.75. The number of hydrogen-bond donors (Lipinski definition) is 1. The zero-order valence-electron chi connectivity index (χ0n) is 17.1. The quantitative estimate of drug-likeness (QED) is 0.367. The average Bonchev–Trinajstić information content (AvgIpc) is 3.37. The molecule has 1 aromatic carbocycles. The smallest absolute Gasteiger partial charge is 0.298 e. The molecule has 0 radical (unpaired) electrons. The number of thiophene rings is 1. The Morgan fingerprint density at radius 1 is 1.09 bits per heavy atom. The molecule has 1 aliphatic heterocycles. The molecule has 10 nitrogen and oxygen atoms in total. The fourth-order valence-electron chi connectivity index (χ4n) is 3.75. The maximum atomic E-state index is 13.4. The van der Waals surface area contributed by atoms with E-state index in [0.717, 1.165) is 9.44 Å². The Morgan fingerprint density at radius 2 is 1.82 bits per heavy atom. The summed E-state index contributed by atoms with van der Waals surface area (Å²) < 4.78 is 0.940. The standard InChI is InChI=1S/C22H15N5O5S/c1-12-18-20(33-19(12)13-7-9-14(10-8-13)27(31)32)24-22(30)26(21(18)29)16-5-2-4-15(23-16)25-11-3-6-17(25)28/h2-5,7-11H,6H2,1H3,(H,24,30). The van der Waals surface area contributed by atoms with Gasteiger partial charge in [-0.15, -0.1) is 11.3 Å². The summed E-state index contributed by atoms with van der Waals surface area (Å²) in [5.74, 6) is 0.250. The van der Waals surface area contributed by atoms with Crippen molar-refractivity contribution in [2.45, 2.75) is 13.3 Å². The van der Waals surface area contributed by atoms with Crippen LogP contribution in [0, 0.1) is 17.0 Å². The Morgan fingerprint density at radius 3 is 2.48 bits per heavy atom. The summed E-state index contributed by atoms with van der Waals surface area (Å²) in [7, 11) is 0. The molecular weight excluding hydrogens is 446 g/mol. The van der Waals surface area contributed by atoms with Gasteiger partial charge in [0.2, 0.25) is 5.91 Å². The Bertz CT molecular complexity index is 1600. The average molecular weight is 461 g/mol. The van der Waals surface area contributed by atoms with Crippen molar-refractivity contribution in [1.29, 1.82) is 0 Å². The van der Waals surface area contributed by atoms with Crippen LogP contribution in [0.2, 0.25) is 0 Å². The number of aromatic nitrogens is 3. The number of pyridine rings is 1. The molecular formula is C22H15N5O5S. The summed E-state index contributed by atoms with van der Waals surface area (Å²) in [6.07, 6.45) is 3.57. The molecule has 0 unspecified atom stereocenters. The molecule has 0 saturated heterocycles. The Labute approximate surface area is 189 Å². The zero-order chi connectivity index (χ0) is 23.3. The number of amides is 1. The highest BCUT2D eigenvalue weighted by Crippen LogP contribution is 2.36. The number of anilines is 1. The Hall–Kier alpha value is -4.38. The summed E-state index contributed by atoms with van der Waals surface area (Å²) >= 11 is 1.23. The molecule has 0 bridgehead atoms. The van der Waals surface area contributed by atoms with Gasteiger partial charge in [-0.3, -0.25) is 29.6 Å². The summed E-state index contributed by atoms with van der Waals surface area (Å²) in [5, 5.41) is 11.3. The molecule has 164 valence electrons. The van der Waals surface area contributed by atoms with Gasteiger partial charge in [-0.2, -0.15) is 0 Å². The van der Waals surface area contributed by atoms with Crippen LogP contribution in [0.15, 0.2) is 64.3 Å². The van der Waals surface area contributed by atoms with Gasteiger partial charge in [0.05, 0.1) is 10.3 Å². The van der Waals surface area contributed by atoms with Crippen LogP contribution in [0.4, 0.5) is 11.5 Å². The number of aromatic amines is 1. The molecule has 0 spiro atoms. The van der Waals surface area contributed by atoms with E-state index in [2.05, 4.69) is 9.97 Å². The molecule has 3 aromatic heterocycles. The summed E-state index contributed by atoms with van der Waals surface area (Å²) in [4.78, 5) is 58.3. The highest BCUT2D eigenvalue weighted by atomic mass is 32.1. The first-order chi connectivity index (χ1) is 15.8. The van der Waals surface area contributed by atoms with E-state index < -0.39 is 16.2 Å². The fourth-order valence-corrected chi connectivity index (χ4v) is 4.94. The van der Waals surface area contributed by atoms with Gasteiger partial charge in [-0.05, 0) is 42.3 Å². The van der Waals surface area contributed by atoms with Crippen LogP contribution < -0.4 is 16.1 Å². The first-order valence-corrected chi connectivity index (χ1v) is 10.7. The lowest BCUT2D eigenvalue weighted by Crippen LogP contribution is -2.34.